The Balaban J connectivity index is 2.09. The fourth-order valence-electron chi connectivity index (χ4n) is 2.50. The zero-order valence-corrected chi connectivity index (χ0v) is 11.8. The van der Waals surface area contributed by atoms with Crippen molar-refractivity contribution in [3.8, 4) is 0 Å². The van der Waals surface area contributed by atoms with Crippen LogP contribution < -0.4 is 5.73 Å². The topological polar surface area (TPSA) is 57.0 Å². The van der Waals surface area contributed by atoms with E-state index in [0.29, 0.717) is 0 Å². The molecule has 4 nitrogen and oxygen atoms in total. The zero-order valence-electron chi connectivity index (χ0n) is 9.61. The maximum Gasteiger partial charge on any atom is 0.136 e. The third kappa shape index (κ3) is 1.67. The average Bonchev–Trinajstić information content (AvgIpc) is 2.89. The molecule has 2 heterocycles. The molecule has 0 radical (unpaired) electrons. The minimum Gasteiger partial charge on any atom is -0.469 e. The monoisotopic (exact) mass is 343 g/mol. The van der Waals surface area contributed by atoms with Crippen LogP contribution in [0.15, 0.2) is 16.7 Å². The van der Waals surface area contributed by atoms with Gasteiger partial charge in [0.2, 0.25) is 0 Å². The van der Waals surface area contributed by atoms with E-state index in [2.05, 4.69) is 27.7 Å². The molecular formula is C12H14IN3O. The standard InChI is InChI=1S/C12H14IN3O/c1-7-11(13)12(14)16(15-7)9-3-2-4-10-8(9)5-6-17-10/h5-6,9H,2-4,14H2,1H3. The van der Waals surface area contributed by atoms with Gasteiger partial charge in [-0.15, -0.1) is 0 Å². The lowest BCUT2D eigenvalue weighted by molar-refractivity contribution is 0.408. The van der Waals surface area contributed by atoms with Crippen LogP contribution in [-0.2, 0) is 6.42 Å². The molecule has 0 spiro atoms. The van der Waals surface area contributed by atoms with Crippen LogP contribution in [0.2, 0.25) is 0 Å². The number of furan rings is 1. The smallest absolute Gasteiger partial charge is 0.136 e. The van der Waals surface area contributed by atoms with Crippen molar-refractivity contribution in [3.63, 3.8) is 0 Å². The summed E-state index contributed by atoms with van der Waals surface area (Å²) < 4.78 is 8.50. The first kappa shape index (κ1) is 11.1. The van der Waals surface area contributed by atoms with Crippen LogP contribution >= 0.6 is 22.6 Å². The third-order valence-electron chi connectivity index (χ3n) is 3.36. The van der Waals surface area contributed by atoms with E-state index in [0.717, 1.165) is 40.1 Å². The summed E-state index contributed by atoms with van der Waals surface area (Å²) >= 11 is 2.25. The summed E-state index contributed by atoms with van der Waals surface area (Å²) in [5, 5.41) is 4.55. The van der Waals surface area contributed by atoms with Crippen LogP contribution in [0.5, 0.6) is 0 Å². The highest BCUT2D eigenvalue weighted by atomic mass is 127. The molecule has 0 aliphatic heterocycles. The number of aryl methyl sites for hydroxylation is 2. The molecule has 0 fully saturated rings. The Labute approximate surface area is 113 Å². The molecule has 0 aromatic carbocycles. The molecule has 1 aliphatic carbocycles. The molecule has 0 amide bonds. The lowest BCUT2D eigenvalue weighted by atomic mass is 9.93. The van der Waals surface area contributed by atoms with Gasteiger partial charge in [-0.25, -0.2) is 4.68 Å². The Hall–Kier alpha value is -0.980. The molecule has 17 heavy (non-hydrogen) atoms. The van der Waals surface area contributed by atoms with Gasteiger partial charge >= 0.3 is 0 Å². The normalized spacial score (nSPS) is 19.3. The number of hydrogen-bond acceptors (Lipinski definition) is 3. The summed E-state index contributed by atoms with van der Waals surface area (Å²) in [6.45, 7) is 1.99. The van der Waals surface area contributed by atoms with Crippen molar-refractivity contribution in [1.29, 1.82) is 0 Å². The number of nitrogens with two attached hydrogens (primary N) is 1. The second-order valence-corrected chi connectivity index (χ2v) is 5.52. The highest BCUT2D eigenvalue weighted by Gasteiger charge is 2.27. The summed E-state index contributed by atoms with van der Waals surface area (Å²) in [6, 6.07) is 2.28. The van der Waals surface area contributed by atoms with E-state index in [9.17, 15) is 0 Å². The maximum absolute atomic E-state index is 6.12. The molecule has 0 saturated carbocycles. The number of halogens is 1. The average molecular weight is 343 g/mol. The lowest BCUT2D eigenvalue weighted by Crippen LogP contribution is -2.18. The van der Waals surface area contributed by atoms with Crippen molar-refractivity contribution in [1.82, 2.24) is 9.78 Å². The predicted molar refractivity (Wildman–Crippen MR) is 73.9 cm³/mol. The predicted octanol–water partition coefficient (Wildman–Crippen LogP) is 2.90. The van der Waals surface area contributed by atoms with E-state index in [1.807, 2.05) is 17.7 Å². The highest BCUT2D eigenvalue weighted by Crippen LogP contribution is 2.35. The quantitative estimate of drug-likeness (QED) is 0.810. The number of aromatic nitrogens is 2. The zero-order chi connectivity index (χ0) is 12.0. The number of hydrogen-bond donors (Lipinski definition) is 1. The van der Waals surface area contributed by atoms with Gasteiger partial charge in [0.1, 0.15) is 11.6 Å². The maximum atomic E-state index is 6.12. The molecule has 2 aromatic heterocycles. The van der Waals surface area contributed by atoms with Crippen molar-refractivity contribution in [2.24, 2.45) is 0 Å². The molecular weight excluding hydrogens is 329 g/mol. The highest BCUT2D eigenvalue weighted by molar-refractivity contribution is 14.1. The summed E-state index contributed by atoms with van der Waals surface area (Å²) in [5.74, 6) is 1.85. The number of anilines is 1. The molecule has 3 rings (SSSR count). The Morgan fingerprint density at radius 1 is 1.59 bits per heavy atom. The molecule has 2 N–H and O–H groups in total. The van der Waals surface area contributed by atoms with Crippen LogP contribution in [0.3, 0.4) is 0 Å². The van der Waals surface area contributed by atoms with Crippen LogP contribution in [0, 0.1) is 10.5 Å². The largest absolute Gasteiger partial charge is 0.469 e. The SMILES string of the molecule is Cc1nn(C2CCCc3occc32)c(N)c1I. The molecule has 1 unspecified atom stereocenters. The van der Waals surface area contributed by atoms with Gasteiger partial charge in [-0.3, -0.25) is 0 Å². The number of rotatable bonds is 1. The van der Waals surface area contributed by atoms with Crippen LogP contribution in [-0.4, -0.2) is 9.78 Å². The lowest BCUT2D eigenvalue weighted by Gasteiger charge is -2.22. The van der Waals surface area contributed by atoms with Gasteiger partial charge in [0.25, 0.3) is 0 Å². The minimum atomic E-state index is 0.236. The number of nitrogens with zero attached hydrogens (tertiary/aromatic N) is 2. The first-order valence-corrected chi connectivity index (χ1v) is 6.82. The first-order chi connectivity index (χ1) is 8.18. The van der Waals surface area contributed by atoms with Crippen molar-refractivity contribution in [3.05, 3.63) is 32.9 Å². The van der Waals surface area contributed by atoms with Crippen LogP contribution in [0.1, 0.15) is 35.9 Å². The van der Waals surface area contributed by atoms with Crippen LogP contribution in [0.4, 0.5) is 5.82 Å². The second kappa shape index (κ2) is 4.04. The number of nitrogen functional groups attached to an aromatic ring is 1. The fraction of sp³-hybridized carbons (Fsp3) is 0.417. The van der Waals surface area contributed by atoms with Crippen molar-refractivity contribution >= 4 is 28.4 Å². The van der Waals surface area contributed by atoms with Gasteiger partial charge in [0.05, 0.1) is 21.6 Å². The molecule has 0 bridgehead atoms. The van der Waals surface area contributed by atoms with E-state index >= 15 is 0 Å². The van der Waals surface area contributed by atoms with Gasteiger partial charge in [-0.2, -0.15) is 5.10 Å². The Bertz CT molecular complexity index is 558. The first-order valence-electron chi connectivity index (χ1n) is 5.75. The molecule has 0 saturated heterocycles. The Kier molecular flexibility index (Phi) is 2.65. The van der Waals surface area contributed by atoms with Crippen LogP contribution in [0.25, 0.3) is 0 Å². The van der Waals surface area contributed by atoms with E-state index < -0.39 is 0 Å². The minimum absolute atomic E-state index is 0.236. The van der Waals surface area contributed by atoms with Crippen molar-refractivity contribution in [2.45, 2.75) is 32.2 Å². The second-order valence-electron chi connectivity index (χ2n) is 4.44. The summed E-state index contributed by atoms with van der Waals surface area (Å²) in [6.07, 6.45) is 4.99. The Morgan fingerprint density at radius 3 is 3.12 bits per heavy atom. The van der Waals surface area contributed by atoms with Gasteiger partial charge in [-0.05, 0) is 48.4 Å². The molecule has 2 aromatic rings. The van der Waals surface area contributed by atoms with E-state index in [1.165, 1.54) is 5.56 Å². The van der Waals surface area contributed by atoms with Crippen molar-refractivity contribution < 1.29 is 4.42 Å². The molecule has 1 atom stereocenters. The van der Waals surface area contributed by atoms with Gasteiger partial charge < -0.3 is 10.2 Å². The Morgan fingerprint density at radius 2 is 2.41 bits per heavy atom. The summed E-state index contributed by atoms with van der Waals surface area (Å²) in [7, 11) is 0. The van der Waals surface area contributed by atoms with Crippen molar-refractivity contribution in [2.75, 3.05) is 5.73 Å². The van der Waals surface area contributed by atoms with Gasteiger partial charge in [0.15, 0.2) is 0 Å². The van der Waals surface area contributed by atoms with E-state index in [-0.39, 0.29) is 6.04 Å². The molecule has 5 heteroatoms. The summed E-state index contributed by atoms with van der Waals surface area (Å²) in [4.78, 5) is 0. The van der Waals surface area contributed by atoms with Gasteiger partial charge in [-0.1, -0.05) is 0 Å². The summed E-state index contributed by atoms with van der Waals surface area (Å²) in [5.41, 5.74) is 8.36. The van der Waals surface area contributed by atoms with E-state index in [4.69, 9.17) is 10.2 Å². The molecule has 90 valence electrons. The van der Waals surface area contributed by atoms with Gasteiger partial charge in [0, 0.05) is 12.0 Å². The molecule has 1 aliphatic rings. The number of fused-ring (bicyclic) bond motifs is 1. The van der Waals surface area contributed by atoms with E-state index in [1.54, 1.807) is 6.26 Å². The third-order valence-corrected chi connectivity index (χ3v) is 4.70. The fourth-order valence-corrected chi connectivity index (χ4v) is 2.85.